The molecule has 0 N–H and O–H groups in total. The van der Waals surface area contributed by atoms with Crippen LogP contribution in [0.5, 0.6) is 0 Å². The molecule has 0 aromatic carbocycles. The maximum atomic E-state index is 10.7. The summed E-state index contributed by atoms with van der Waals surface area (Å²) in [5.41, 5.74) is 0. The Labute approximate surface area is 93.1 Å². The van der Waals surface area contributed by atoms with Crippen LogP contribution >= 0.6 is 0 Å². The van der Waals surface area contributed by atoms with Crippen molar-refractivity contribution in [3.63, 3.8) is 0 Å². The lowest BCUT2D eigenvalue weighted by atomic mass is 10.1. The Bertz CT molecular complexity index is 157. The van der Waals surface area contributed by atoms with Crippen LogP contribution in [-0.4, -0.2) is 19.4 Å². The summed E-state index contributed by atoms with van der Waals surface area (Å²) >= 11 is 0. The van der Waals surface area contributed by atoms with Gasteiger partial charge in [0.1, 0.15) is 0 Å². The lowest BCUT2D eigenvalue weighted by Crippen LogP contribution is -2.18. The van der Waals surface area contributed by atoms with E-state index in [4.69, 9.17) is 9.47 Å². The molecular weight excluding hydrogens is 192 g/mol. The van der Waals surface area contributed by atoms with E-state index in [9.17, 15) is 4.79 Å². The van der Waals surface area contributed by atoms with Gasteiger partial charge in [-0.1, -0.05) is 39.0 Å². The molecule has 1 unspecified atom stereocenters. The quantitative estimate of drug-likeness (QED) is 0.337. The third kappa shape index (κ3) is 9.73. The summed E-state index contributed by atoms with van der Waals surface area (Å²) in [5.74, 6) is -0.271. The second-order valence-corrected chi connectivity index (χ2v) is 3.83. The predicted molar refractivity (Wildman–Crippen MR) is 60.6 cm³/mol. The minimum absolute atomic E-state index is 0.271. The second-order valence-electron chi connectivity index (χ2n) is 3.83. The molecule has 0 rings (SSSR count). The van der Waals surface area contributed by atoms with Crippen LogP contribution in [0.4, 0.5) is 0 Å². The molecule has 0 saturated carbocycles. The van der Waals surface area contributed by atoms with Crippen molar-refractivity contribution in [1.82, 2.24) is 0 Å². The molecule has 0 aliphatic rings. The van der Waals surface area contributed by atoms with Crippen molar-refractivity contribution in [3.8, 4) is 0 Å². The minimum Gasteiger partial charge on any atom is -0.436 e. The Morgan fingerprint density at radius 3 is 2.27 bits per heavy atom. The zero-order valence-electron chi connectivity index (χ0n) is 10.3. The molecule has 0 saturated heterocycles. The first-order valence-electron chi connectivity index (χ1n) is 5.90. The largest absolute Gasteiger partial charge is 0.436 e. The van der Waals surface area contributed by atoms with Crippen LogP contribution in [0.3, 0.4) is 0 Å². The zero-order chi connectivity index (χ0) is 11.5. The highest BCUT2D eigenvalue weighted by atomic mass is 16.7. The fourth-order valence-corrected chi connectivity index (χ4v) is 1.50. The van der Waals surface area contributed by atoms with Crippen LogP contribution < -0.4 is 0 Å². The third-order valence-corrected chi connectivity index (χ3v) is 2.35. The number of carbonyl (C=O) groups is 1. The van der Waals surface area contributed by atoms with E-state index in [-0.39, 0.29) is 12.3 Å². The van der Waals surface area contributed by atoms with E-state index in [2.05, 4.69) is 6.92 Å². The normalized spacial score (nSPS) is 12.5. The molecule has 0 bridgehead atoms. The Balaban J connectivity index is 3.34. The number of esters is 1. The number of hydrogen-bond donors (Lipinski definition) is 0. The third-order valence-electron chi connectivity index (χ3n) is 2.35. The molecule has 0 aliphatic heterocycles. The molecule has 3 nitrogen and oxygen atoms in total. The Morgan fingerprint density at radius 1 is 1.13 bits per heavy atom. The minimum atomic E-state index is -0.353. The highest BCUT2D eigenvalue weighted by Crippen LogP contribution is 2.10. The van der Waals surface area contributed by atoms with Crippen LogP contribution in [0.25, 0.3) is 0 Å². The number of rotatable bonds is 9. The summed E-state index contributed by atoms with van der Waals surface area (Å²) in [7, 11) is 1.57. The van der Waals surface area contributed by atoms with Crippen LogP contribution in [0.1, 0.15) is 58.8 Å². The topological polar surface area (TPSA) is 35.5 Å². The molecule has 90 valence electrons. The maximum absolute atomic E-state index is 10.7. The molecule has 0 aliphatic carbocycles. The average molecular weight is 216 g/mol. The van der Waals surface area contributed by atoms with E-state index in [1.54, 1.807) is 7.11 Å². The van der Waals surface area contributed by atoms with E-state index in [0.717, 1.165) is 12.8 Å². The van der Waals surface area contributed by atoms with E-state index < -0.39 is 0 Å². The van der Waals surface area contributed by atoms with Gasteiger partial charge in [0.05, 0.1) is 0 Å². The smallest absolute Gasteiger partial charge is 0.304 e. The average Bonchev–Trinajstić information content (AvgIpc) is 2.20. The van der Waals surface area contributed by atoms with Gasteiger partial charge in [-0.25, -0.2) is 0 Å². The Kier molecular flexibility index (Phi) is 9.59. The molecule has 0 spiro atoms. The van der Waals surface area contributed by atoms with Crippen molar-refractivity contribution in [2.24, 2.45) is 0 Å². The highest BCUT2D eigenvalue weighted by Gasteiger charge is 2.09. The van der Waals surface area contributed by atoms with Crippen molar-refractivity contribution in [3.05, 3.63) is 0 Å². The van der Waals surface area contributed by atoms with Gasteiger partial charge in [-0.05, 0) is 6.42 Å². The molecule has 0 aromatic rings. The van der Waals surface area contributed by atoms with Crippen LogP contribution in [-0.2, 0) is 14.3 Å². The number of carbonyl (C=O) groups excluding carboxylic acids is 1. The van der Waals surface area contributed by atoms with Crippen molar-refractivity contribution in [1.29, 1.82) is 0 Å². The number of hydrogen-bond acceptors (Lipinski definition) is 3. The van der Waals surface area contributed by atoms with Gasteiger partial charge in [0.15, 0.2) is 0 Å². The molecule has 0 heterocycles. The first kappa shape index (κ1) is 14.4. The fourth-order valence-electron chi connectivity index (χ4n) is 1.50. The lowest BCUT2D eigenvalue weighted by Gasteiger charge is -2.14. The van der Waals surface area contributed by atoms with Gasteiger partial charge < -0.3 is 9.47 Å². The van der Waals surface area contributed by atoms with E-state index in [0.29, 0.717) is 0 Å². The van der Waals surface area contributed by atoms with Gasteiger partial charge in [0, 0.05) is 20.5 Å². The SMILES string of the molecule is CCCCCCCCC(OC)OC(C)=O. The Hall–Kier alpha value is -0.570. The summed E-state index contributed by atoms with van der Waals surface area (Å²) in [4.78, 5) is 10.7. The van der Waals surface area contributed by atoms with E-state index in [1.165, 1.54) is 39.0 Å². The molecule has 15 heavy (non-hydrogen) atoms. The first-order valence-corrected chi connectivity index (χ1v) is 5.90. The van der Waals surface area contributed by atoms with Gasteiger partial charge in [-0.3, -0.25) is 4.79 Å². The molecular formula is C12H24O3. The van der Waals surface area contributed by atoms with Crippen molar-refractivity contribution in [2.75, 3.05) is 7.11 Å². The molecule has 0 fully saturated rings. The van der Waals surface area contributed by atoms with E-state index >= 15 is 0 Å². The molecule has 1 atom stereocenters. The summed E-state index contributed by atoms with van der Waals surface area (Å²) in [6, 6.07) is 0. The van der Waals surface area contributed by atoms with Crippen molar-refractivity contribution >= 4 is 5.97 Å². The van der Waals surface area contributed by atoms with Crippen LogP contribution in [0.15, 0.2) is 0 Å². The standard InChI is InChI=1S/C12H24O3/c1-4-5-6-7-8-9-10-12(14-3)15-11(2)13/h12H,4-10H2,1-3H3. The first-order chi connectivity index (χ1) is 7.20. The van der Waals surface area contributed by atoms with Crippen LogP contribution in [0, 0.1) is 0 Å². The van der Waals surface area contributed by atoms with Gasteiger partial charge in [0.2, 0.25) is 6.29 Å². The van der Waals surface area contributed by atoms with Crippen molar-refractivity contribution < 1.29 is 14.3 Å². The monoisotopic (exact) mass is 216 g/mol. The summed E-state index contributed by atoms with van der Waals surface area (Å²) in [5, 5.41) is 0. The van der Waals surface area contributed by atoms with Crippen molar-refractivity contribution in [2.45, 2.75) is 65.1 Å². The van der Waals surface area contributed by atoms with Gasteiger partial charge in [0.25, 0.3) is 0 Å². The summed E-state index contributed by atoms with van der Waals surface area (Å²) in [6.07, 6.45) is 7.88. The zero-order valence-corrected chi connectivity index (χ0v) is 10.3. The molecule has 0 aromatic heterocycles. The molecule has 3 heteroatoms. The Morgan fingerprint density at radius 2 is 1.73 bits per heavy atom. The van der Waals surface area contributed by atoms with Gasteiger partial charge >= 0.3 is 5.97 Å². The lowest BCUT2D eigenvalue weighted by molar-refractivity contribution is -0.172. The van der Waals surface area contributed by atoms with E-state index in [1.807, 2.05) is 0 Å². The summed E-state index contributed by atoms with van der Waals surface area (Å²) < 4.78 is 10.0. The highest BCUT2D eigenvalue weighted by molar-refractivity contribution is 5.66. The molecule has 0 radical (unpaired) electrons. The summed E-state index contributed by atoms with van der Waals surface area (Å²) in [6.45, 7) is 3.62. The molecule has 0 amide bonds. The maximum Gasteiger partial charge on any atom is 0.304 e. The number of methoxy groups -OCH3 is 1. The van der Waals surface area contributed by atoms with Gasteiger partial charge in [-0.15, -0.1) is 0 Å². The van der Waals surface area contributed by atoms with Crippen LogP contribution in [0.2, 0.25) is 0 Å². The number of ether oxygens (including phenoxy) is 2. The van der Waals surface area contributed by atoms with Gasteiger partial charge in [-0.2, -0.15) is 0 Å². The fraction of sp³-hybridized carbons (Fsp3) is 0.917. The predicted octanol–water partition coefficient (Wildman–Crippen LogP) is 3.27. The second kappa shape index (κ2) is 9.97. The number of unbranched alkanes of at least 4 members (excludes halogenated alkanes) is 5.